The summed E-state index contributed by atoms with van der Waals surface area (Å²) in [5.74, 6) is 0.141. The van der Waals surface area contributed by atoms with Crippen molar-refractivity contribution < 1.29 is 4.79 Å². The number of amides is 1. The minimum absolute atomic E-state index is 0.141. The van der Waals surface area contributed by atoms with Gasteiger partial charge in [-0.15, -0.1) is 0 Å². The molecule has 128 valence electrons. The molecule has 25 heavy (non-hydrogen) atoms. The van der Waals surface area contributed by atoms with Crippen molar-refractivity contribution in [2.45, 2.75) is 25.9 Å². The Morgan fingerprint density at radius 1 is 1.12 bits per heavy atom. The lowest BCUT2D eigenvalue weighted by Gasteiger charge is -2.51. The van der Waals surface area contributed by atoms with Gasteiger partial charge in [0.2, 0.25) is 0 Å². The predicted molar refractivity (Wildman–Crippen MR) is 100 cm³/mol. The molecule has 2 heterocycles. The normalized spacial score (nSPS) is 22.6. The highest BCUT2D eigenvalue weighted by Gasteiger charge is 2.55. The average molecular weight is 332 g/mol. The van der Waals surface area contributed by atoms with Crippen molar-refractivity contribution in [3.8, 4) is 0 Å². The highest BCUT2D eigenvalue weighted by Crippen LogP contribution is 2.48. The van der Waals surface area contributed by atoms with E-state index in [0.29, 0.717) is 0 Å². The van der Waals surface area contributed by atoms with Gasteiger partial charge < -0.3 is 4.90 Å². The third-order valence-corrected chi connectivity index (χ3v) is 5.35. The van der Waals surface area contributed by atoms with Crippen LogP contribution in [0.5, 0.6) is 0 Å². The summed E-state index contributed by atoms with van der Waals surface area (Å²) in [5, 5.41) is 0. The van der Waals surface area contributed by atoms with E-state index < -0.39 is 5.66 Å². The van der Waals surface area contributed by atoms with Gasteiger partial charge in [0, 0.05) is 30.8 Å². The van der Waals surface area contributed by atoms with Crippen LogP contribution in [0.25, 0.3) is 0 Å². The Labute approximate surface area is 149 Å². The van der Waals surface area contributed by atoms with Gasteiger partial charge in [-0.05, 0) is 31.9 Å². The van der Waals surface area contributed by atoms with Crippen LogP contribution in [0, 0.1) is 6.92 Å². The molecular formula is C22H24N2O. The van der Waals surface area contributed by atoms with Crippen molar-refractivity contribution in [3.05, 3.63) is 82.9 Å². The van der Waals surface area contributed by atoms with Crippen molar-refractivity contribution in [2.24, 2.45) is 0 Å². The molecule has 0 N–H and O–H groups in total. The van der Waals surface area contributed by atoms with E-state index in [-0.39, 0.29) is 5.91 Å². The summed E-state index contributed by atoms with van der Waals surface area (Å²) in [7, 11) is 0. The summed E-state index contributed by atoms with van der Waals surface area (Å²) >= 11 is 0. The van der Waals surface area contributed by atoms with Crippen molar-refractivity contribution in [1.29, 1.82) is 0 Å². The topological polar surface area (TPSA) is 23.6 Å². The first-order valence-corrected chi connectivity index (χ1v) is 8.93. The van der Waals surface area contributed by atoms with E-state index in [4.69, 9.17) is 0 Å². The third-order valence-electron chi connectivity index (χ3n) is 5.35. The molecule has 1 atom stereocenters. The van der Waals surface area contributed by atoms with E-state index in [1.54, 1.807) is 0 Å². The Morgan fingerprint density at radius 2 is 1.84 bits per heavy atom. The zero-order valence-corrected chi connectivity index (χ0v) is 15.0. The van der Waals surface area contributed by atoms with E-state index in [9.17, 15) is 4.79 Å². The molecule has 3 heteroatoms. The molecule has 1 unspecified atom stereocenters. The minimum atomic E-state index is -0.515. The second kappa shape index (κ2) is 5.85. The first-order chi connectivity index (χ1) is 12.0. The SMILES string of the molecule is C=C(C)CN1CCCN2C(=O)c3ccccc3C12c1ccc(C)cc1. The van der Waals surface area contributed by atoms with Gasteiger partial charge in [0.25, 0.3) is 5.91 Å². The molecule has 2 aromatic rings. The first kappa shape index (κ1) is 16.1. The second-order valence-corrected chi connectivity index (χ2v) is 7.27. The molecule has 4 rings (SSSR count). The number of carbonyl (C=O) groups excluding carboxylic acids is 1. The van der Waals surface area contributed by atoms with E-state index in [0.717, 1.165) is 48.3 Å². The van der Waals surface area contributed by atoms with Crippen LogP contribution in [-0.4, -0.2) is 35.3 Å². The quantitative estimate of drug-likeness (QED) is 0.795. The van der Waals surface area contributed by atoms with Crippen LogP contribution in [0.15, 0.2) is 60.7 Å². The van der Waals surface area contributed by atoms with Crippen LogP contribution < -0.4 is 0 Å². The molecule has 2 aliphatic heterocycles. The summed E-state index contributed by atoms with van der Waals surface area (Å²) in [6, 6.07) is 16.7. The van der Waals surface area contributed by atoms with Crippen LogP contribution >= 0.6 is 0 Å². The van der Waals surface area contributed by atoms with Gasteiger partial charge >= 0.3 is 0 Å². The van der Waals surface area contributed by atoms with E-state index >= 15 is 0 Å². The molecule has 0 spiro atoms. The summed E-state index contributed by atoms with van der Waals surface area (Å²) in [6.07, 6.45) is 0.987. The van der Waals surface area contributed by atoms with Gasteiger partial charge in [0.05, 0.1) is 0 Å². The summed E-state index contributed by atoms with van der Waals surface area (Å²) < 4.78 is 0. The molecular weight excluding hydrogens is 308 g/mol. The van der Waals surface area contributed by atoms with Gasteiger partial charge in [-0.25, -0.2) is 0 Å². The van der Waals surface area contributed by atoms with Crippen molar-refractivity contribution in [1.82, 2.24) is 9.80 Å². The van der Waals surface area contributed by atoms with Gasteiger partial charge in [-0.3, -0.25) is 9.69 Å². The molecule has 0 bridgehead atoms. The first-order valence-electron chi connectivity index (χ1n) is 8.93. The Hall–Kier alpha value is -2.39. The summed E-state index contributed by atoms with van der Waals surface area (Å²) in [4.78, 5) is 17.7. The Kier molecular flexibility index (Phi) is 3.77. The molecule has 3 nitrogen and oxygen atoms in total. The molecule has 0 aliphatic carbocycles. The van der Waals surface area contributed by atoms with E-state index in [1.807, 2.05) is 18.2 Å². The Morgan fingerprint density at radius 3 is 2.56 bits per heavy atom. The fraction of sp³-hybridized carbons (Fsp3) is 0.318. The number of carbonyl (C=O) groups is 1. The molecule has 2 aliphatic rings. The molecule has 1 saturated heterocycles. The van der Waals surface area contributed by atoms with Crippen molar-refractivity contribution in [3.63, 3.8) is 0 Å². The van der Waals surface area contributed by atoms with Gasteiger partial charge in [-0.2, -0.15) is 0 Å². The third kappa shape index (κ3) is 2.26. The van der Waals surface area contributed by atoms with Gasteiger partial charge in [0.15, 0.2) is 0 Å². The maximum atomic E-state index is 13.2. The van der Waals surface area contributed by atoms with Crippen LogP contribution in [0.3, 0.4) is 0 Å². The number of benzene rings is 2. The predicted octanol–water partition coefficient (Wildman–Crippen LogP) is 3.93. The smallest absolute Gasteiger partial charge is 0.256 e. The highest BCUT2D eigenvalue weighted by molar-refractivity contribution is 6.00. The minimum Gasteiger partial charge on any atom is -0.312 e. The summed E-state index contributed by atoms with van der Waals surface area (Å²) in [5.41, 5.74) is 4.93. The highest BCUT2D eigenvalue weighted by atomic mass is 16.2. The van der Waals surface area contributed by atoms with Crippen LogP contribution in [0.4, 0.5) is 0 Å². The largest absolute Gasteiger partial charge is 0.312 e. The lowest BCUT2D eigenvalue weighted by atomic mass is 9.86. The standard InChI is InChI=1S/C22H24N2O/c1-16(2)15-23-13-6-14-24-21(25)19-7-4-5-8-20(19)22(23,24)18-11-9-17(3)10-12-18/h4-5,7-12H,1,6,13-15H2,2-3H3. The number of rotatable bonds is 3. The average Bonchev–Trinajstić information content (AvgIpc) is 2.87. The number of hydrogen-bond acceptors (Lipinski definition) is 2. The fourth-order valence-electron chi connectivity index (χ4n) is 4.40. The zero-order valence-electron chi connectivity index (χ0n) is 15.0. The van der Waals surface area contributed by atoms with Gasteiger partial charge in [0.1, 0.15) is 5.66 Å². The molecule has 0 saturated carbocycles. The Bertz CT molecular complexity index is 839. The van der Waals surface area contributed by atoms with Crippen molar-refractivity contribution >= 4 is 5.91 Å². The van der Waals surface area contributed by atoms with E-state index in [1.165, 1.54) is 5.56 Å². The number of fused-ring (bicyclic) bond motifs is 3. The molecule has 1 amide bonds. The number of nitrogens with zero attached hydrogens (tertiary/aromatic N) is 2. The molecule has 2 aromatic carbocycles. The van der Waals surface area contributed by atoms with Crippen molar-refractivity contribution in [2.75, 3.05) is 19.6 Å². The van der Waals surface area contributed by atoms with Crippen LogP contribution in [-0.2, 0) is 5.66 Å². The second-order valence-electron chi connectivity index (χ2n) is 7.27. The van der Waals surface area contributed by atoms with Crippen LogP contribution in [0.1, 0.15) is 40.4 Å². The maximum absolute atomic E-state index is 13.2. The maximum Gasteiger partial charge on any atom is 0.256 e. The zero-order chi connectivity index (χ0) is 17.6. The summed E-state index contributed by atoms with van der Waals surface area (Å²) in [6.45, 7) is 10.8. The van der Waals surface area contributed by atoms with E-state index in [2.05, 4.69) is 60.6 Å². The molecule has 0 aromatic heterocycles. The number of aryl methyl sites for hydroxylation is 1. The molecule has 0 radical (unpaired) electrons. The monoisotopic (exact) mass is 332 g/mol. The lowest BCUT2D eigenvalue weighted by Crippen LogP contribution is -2.61. The fourth-order valence-corrected chi connectivity index (χ4v) is 4.40. The number of hydrogen-bond donors (Lipinski definition) is 0. The van der Waals surface area contributed by atoms with Gasteiger partial charge in [-0.1, -0.05) is 60.2 Å². The lowest BCUT2D eigenvalue weighted by molar-refractivity contribution is -0.0330. The molecule has 1 fully saturated rings. The van der Waals surface area contributed by atoms with Crippen LogP contribution in [0.2, 0.25) is 0 Å². The Balaban J connectivity index is 2.00.